The number of rotatable bonds is 4. The molecule has 0 heterocycles. The van der Waals surface area contributed by atoms with Gasteiger partial charge in [0, 0.05) is 0 Å². The van der Waals surface area contributed by atoms with Gasteiger partial charge in [0.15, 0.2) is 6.61 Å². The van der Waals surface area contributed by atoms with Crippen molar-refractivity contribution in [1.82, 2.24) is 5.32 Å². The van der Waals surface area contributed by atoms with E-state index in [4.69, 9.17) is 4.74 Å². The fourth-order valence-corrected chi connectivity index (χ4v) is 3.08. The zero-order valence-electron chi connectivity index (χ0n) is 14.3. The van der Waals surface area contributed by atoms with E-state index >= 15 is 0 Å². The van der Waals surface area contributed by atoms with Gasteiger partial charge in [-0.2, -0.15) is 5.26 Å². The van der Waals surface area contributed by atoms with E-state index in [9.17, 15) is 10.1 Å². The van der Waals surface area contributed by atoms with Gasteiger partial charge in [-0.3, -0.25) is 4.79 Å². The third-order valence-electron chi connectivity index (χ3n) is 4.35. The summed E-state index contributed by atoms with van der Waals surface area (Å²) in [7, 11) is 0. The molecule has 1 aromatic rings. The second-order valence-electron chi connectivity index (χ2n) is 7.34. The van der Waals surface area contributed by atoms with Crippen molar-refractivity contribution in [2.24, 2.45) is 0 Å². The number of carbonyl (C=O) groups is 1. The Morgan fingerprint density at radius 1 is 1.26 bits per heavy atom. The van der Waals surface area contributed by atoms with E-state index < -0.39 is 5.54 Å². The number of nitrogens with zero attached hydrogens (tertiary/aromatic N) is 1. The average molecular weight is 314 g/mol. The molecule has 124 valence electrons. The predicted molar refractivity (Wildman–Crippen MR) is 90.2 cm³/mol. The summed E-state index contributed by atoms with van der Waals surface area (Å²) in [6, 6.07) is 10.1. The van der Waals surface area contributed by atoms with Crippen molar-refractivity contribution in [2.45, 2.75) is 63.8 Å². The summed E-state index contributed by atoms with van der Waals surface area (Å²) in [6.07, 6.45) is 4.57. The first-order valence-corrected chi connectivity index (χ1v) is 8.31. The quantitative estimate of drug-likeness (QED) is 0.921. The third kappa shape index (κ3) is 4.48. The molecule has 0 spiro atoms. The number of amides is 1. The maximum absolute atomic E-state index is 12.2. The molecule has 2 rings (SSSR count). The maximum atomic E-state index is 12.2. The zero-order valence-corrected chi connectivity index (χ0v) is 14.3. The van der Waals surface area contributed by atoms with Crippen LogP contribution in [0.3, 0.4) is 0 Å². The molecule has 0 atom stereocenters. The standard InChI is InChI=1S/C19H26N2O2/c1-18(2,3)15-9-5-6-10-16(15)23-13-17(22)21-19(14-20)11-7-4-8-12-19/h5-6,9-10H,4,7-8,11-13H2,1-3H3,(H,21,22). The van der Waals surface area contributed by atoms with E-state index in [0.29, 0.717) is 0 Å². The van der Waals surface area contributed by atoms with E-state index in [0.717, 1.165) is 43.4 Å². The summed E-state index contributed by atoms with van der Waals surface area (Å²) in [5.74, 6) is 0.502. The van der Waals surface area contributed by atoms with Crippen LogP contribution in [0.1, 0.15) is 58.4 Å². The van der Waals surface area contributed by atoms with Gasteiger partial charge in [-0.15, -0.1) is 0 Å². The highest BCUT2D eigenvalue weighted by atomic mass is 16.5. The van der Waals surface area contributed by atoms with E-state index in [2.05, 4.69) is 32.2 Å². The lowest BCUT2D eigenvalue weighted by molar-refractivity contribution is -0.124. The van der Waals surface area contributed by atoms with E-state index in [1.165, 1.54) is 0 Å². The molecule has 4 heteroatoms. The SMILES string of the molecule is CC(C)(C)c1ccccc1OCC(=O)NC1(C#N)CCCCC1. The minimum atomic E-state index is -0.706. The van der Waals surface area contributed by atoms with E-state index in [-0.39, 0.29) is 17.9 Å². The Morgan fingerprint density at radius 3 is 2.52 bits per heavy atom. The van der Waals surface area contributed by atoms with Crippen LogP contribution in [0.25, 0.3) is 0 Å². The first-order valence-electron chi connectivity index (χ1n) is 8.31. The van der Waals surface area contributed by atoms with Gasteiger partial charge in [0.2, 0.25) is 0 Å². The number of nitriles is 1. The molecular weight excluding hydrogens is 288 g/mol. The second kappa shape index (κ2) is 7.04. The molecule has 1 aromatic carbocycles. The van der Waals surface area contributed by atoms with Crippen LogP contribution in [-0.2, 0) is 10.2 Å². The monoisotopic (exact) mass is 314 g/mol. The lowest BCUT2D eigenvalue weighted by Crippen LogP contribution is -2.50. The Hall–Kier alpha value is -2.02. The normalized spacial score (nSPS) is 17.1. The van der Waals surface area contributed by atoms with Gasteiger partial charge in [0.1, 0.15) is 11.3 Å². The maximum Gasteiger partial charge on any atom is 0.259 e. The Balaban J connectivity index is 1.99. The van der Waals surface area contributed by atoms with Crippen LogP contribution >= 0.6 is 0 Å². The van der Waals surface area contributed by atoms with Crippen LogP contribution in [0.4, 0.5) is 0 Å². The fraction of sp³-hybridized carbons (Fsp3) is 0.579. The van der Waals surface area contributed by atoms with Crippen LogP contribution in [0.2, 0.25) is 0 Å². The molecule has 1 fully saturated rings. The van der Waals surface area contributed by atoms with E-state index in [1.54, 1.807) is 0 Å². The summed E-state index contributed by atoms with van der Waals surface area (Å²) < 4.78 is 5.74. The number of ether oxygens (including phenoxy) is 1. The number of nitrogens with one attached hydrogen (secondary N) is 1. The molecule has 1 N–H and O–H groups in total. The molecule has 0 radical (unpaired) electrons. The first-order chi connectivity index (χ1) is 10.9. The van der Waals surface area contributed by atoms with E-state index in [1.807, 2.05) is 24.3 Å². The molecule has 0 aliphatic heterocycles. The molecule has 1 saturated carbocycles. The van der Waals surface area contributed by atoms with Crippen LogP contribution in [-0.4, -0.2) is 18.1 Å². The van der Waals surface area contributed by atoms with Crippen LogP contribution in [0.5, 0.6) is 5.75 Å². The molecule has 1 aliphatic carbocycles. The van der Waals surface area contributed by atoms with Gasteiger partial charge >= 0.3 is 0 Å². The fourth-order valence-electron chi connectivity index (χ4n) is 3.08. The summed E-state index contributed by atoms with van der Waals surface area (Å²) in [5, 5.41) is 12.3. The Morgan fingerprint density at radius 2 is 1.91 bits per heavy atom. The van der Waals surface area contributed by atoms with Crippen molar-refractivity contribution in [1.29, 1.82) is 5.26 Å². The number of hydrogen-bond acceptors (Lipinski definition) is 3. The molecular formula is C19H26N2O2. The first kappa shape index (κ1) is 17.3. The molecule has 0 aromatic heterocycles. The average Bonchev–Trinajstić information content (AvgIpc) is 2.53. The smallest absolute Gasteiger partial charge is 0.259 e. The van der Waals surface area contributed by atoms with Gasteiger partial charge < -0.3 is 10.1 Å². The van der Waals surface area contributed by atoms with Crippen molar-refractivity contribution >= 4 is 5.91 Å². The molecule has 4 nitrogen and oxygen atoms in total. The van der Waals surface area contributed by atoms with Gasteiger partial charge in [-0.25, -0.2) is 0 Å². The van der Waals surface area contributed by atoms with Gasteiger partial charge in [0.05, 0.1) is 6.07 Å². The molecule has 23 heavy (non-hydrogen) atoms. The number of benzene rings is 1. The minimum Gasteiger partial charge on any atom is -0.483 e. The zero-order chi connectivity index (χ0) is 16.9. The Labute approximate surface area is 138 Å². The highest BCUT2D eigenvalue weighted by Crippen LogP contribution is 2.31. The summed E-state index contributed by atoms with van der Waals surface area (Å²) in [6.45, 7) is 6.28. The minimum absolute atomic E-state index is 0.0513. The van der Waals surface area contributed by atoms with Crippen LogP contribution < -0.4 is 10.1 Å². The topological polar surface area (TPSA) is 62.1 Å². The van der Waals surface area contributed by atoms with Gasteiger partial charge in [0.25, 0.3) is 5.91 Å². The lowest BCUT2D eigenvalue weighted by atomic mass is 9.83. The summed E-state index contributed by atoms with van der Waals surface area (Å²) >= 11 is 0. The molecule has 1 amide bonds. The van der Waals surface area contributed by atoms with Crippen molar-refractivity contribution in [3.63, 3.8) is 0 Å². The number of hydrogen-bond donors (Lipinski definition) is 1. The van der Waals surface area contributed by atoms with Crippen LogP contribution in [0.15, 0.2) is 24.3 Å². The lowest BCUT2D eigenvalue weighted by Gasteiger charge is -2.31. The van der Waals surface area contributed by atoms with Crippen molar-refractivity contribution in [2.75, 3.05) is 6.61 Å². The van der Waals surface area contributed by atoms with Gasteiger partial charge in [-0.1, -0.05) is 58.2 Å². The second-order valence-corrected chi connectivity index (χ2v) is 7.34. The van der Waals surface area contributed by atoms with Crippen molar-refractivity contribution < 1.29 is 9.53 Å². The summed E-state index contributed by atoms with van der Waals surface area (Å²) in [5.41, 5.74) is 0.312. The van der Waals surface area contributed by atoms with Gasteiger partial charge in [-0.05, 0) is 29.9 Å². The summed E-state index contributed by atoms with van der Waals surface area (Å²) in [4.78, 5) is 12.2. The van der Waals surface area contributed by atoms with Crippen LogP contribution in [0, 0.1) is 11.3 Å². The largest absolute Gasteiger partial charge is 0.483 e. The van der Waals surface area contributed by atoms with Crippen molar-refractivity contribution in [3.8, 4) is 11.8 Å². The third-order valence-corrected chi connectivity index (χ3v) is 4.35. The molecule has 0 saturated heterocycles. The molecule has 1 aliphatic rings. The Kier molecular flexibility index (Phi) is 5.30. The highest BCUT2D eigenvalue weighted by Gasteiger charge is 2.33. The predicted octanol–water partition coefficient (Wildman–Crippen LogP) is 3.71. The van der Waals surface area contributed by atoms with Crippen molar-refractivity contribution in [3.05, 3.63) is 29.8 Å². The molecule has 0 bridgehead atoms. The Bertz CT molecular complexity index is 590. The number of carbonyl (C=O) groups excluding carboxylic acids is 1. The molecule has 0 unspecified atom stereocenters. The number of para-hydroxylation sites is 1. The highest BCUT2D eigenvalue weighted by molar-refractivity contribution is 5.79.